The van der Waals surface area contributed by atoms with Crippen LogP contribution in [-0.2, 0) is 16.6 Å². The fourth-order valence-electron chi connectivity index (χ4n) is 5.79. The van der Waals surface area contributed by atoms with Crippen LogP contribution in [0.2, 0.25) is 0 Å². The lowest BCUT2D eigenvalue weighted by Gasteiger charge is -2.35. The summed E-state index contributed by atoms with van der Waals surface area (Å²) in [5.41, 5.74) is 2.00. The van der Waals surface area contributed by atoms with E-state index in [4.69, 9.17) is 4.74 Å². The summed E-state index contributed by atoms with van der Waals surface area (Å²) in [7, 11) is -2.62. The third-order valence-electron chi connectivity index (χ3n) is 8.33. The number of anilines is 1. The minimum absolute atomic E-state index is 0.0720. The fraction of sp³-hybridized carbons (Fsp3) is 0.394. The molecule has 2 aliphatic rings. The number of hydrogen-bond acceptors (Lipinski definition) is 6. The van der Waals surface area contributed by atoms with Crippen molar-refractivity contribution in [3.63, 3.8) is 0 Å². The predicted molar refractivity (Wildman–Crippen MR) is 167 cm³/mol. The summed E-state index contributed by atoms with van der Waals surface area (Å²) < 4.78 is 63.0. The van der Waals surface area contributed by atoms with Crippen molar-refractivity contribution in [2.75, 3.05) is 38.0 Å². The smallest absolute Gasteiger partial charge is 0.264 e. The number of piperazine rings is 1. The van der Waals surface area contributed by atoms with Gasteiger partial charge in [-0.25, -0.2) is 17.2 Å². The van der Waals surface area contributed by atoms with Crippen molar-refractivity contribution in [2.24, 2.45) is 10.9 Å². The molecule has 3 aromatic carbocycles. The Balaban J connectivity index is 1.27. The molecule has 1 amide bonds. The van der Waals surface area contributed by atoms with Crippen LogP contribution in [0.15, 0.2) is 64.5 Å². The fourth-order valence-corrected chi connectivity index (χ4v) is 7.08. The van der Waals surface area contributed by atoms with Gasteiger partial charge >= 0.3 is 0 Å². The first-order valence-electron chi connectivity index (χ1n) is 15.0. The number of rotatable bonds is 9. The molecule has 2 fully saturated rings. The molecule has 1 aliphatic heterocycles. The van der Waals surface area contributed by atoms with E-state index in [0.717, 1.165) is 37.3 Å². The molecule has 3 aromatic rings. The lowest BCUT2D eigenvalue weighted by atomic mass is 9.90. The number of hydrogen-bond donors (Lipinski definition) is 1. The number of aryl methyl sites for hydroxylation is 1. The Kier molecular flexibility index (Phi) is 9.95. The molecule has 0 bridgehead atoms. The molecule has 1 saturated carbocycles. The molecule has 11 heteroatoms. The molecule has 0 radical (unpaired) electrons. The van der Waals surface area contributed by atoms with Crippen molar-refractivity contribution in [3.05, 3.63) is 82.9 Å². The number of methoxy groups -OCH3 is 1. The molecule has 1 saturated heterocycles. The van der Waals surface area contributed by atoms with E-state index >= 15 is 0 Å². The van der Waals surface area contributed by atoms with Crippen molar-refractivity contribution >= 4 is 33.5 Å². The second-order valence-electron chi connectivity index (χ2n) is 11.4. The summed E-state index contributed by atoms with van der Waals surface area (Å²) in [5, 5.41) is 0. The second-order valence-corrected chi connectivity index (χ2v) is 13.1. The van der Waals surface area contributed by atoms with Gasteiger partial charge in [-0.3, -0.25) is 19.4 Å². The number of benzene rings is 3. The Labute approximate surface area is 257 Å². The van der Waals surface area contributed by atoms with Crippen LogP contribution < -0.4 is 9.46 Å². The third kappa shape index (κ3) is 7.27. The van der Waals surface area contributed by atoms with Crippen molar-refractivity contribution in [1.82, 2.24) is 9.80 Å². The normalized spacial score (nSPS) is 16.8. The SMILES string of the molecule is COc1cc(C(=O)N2CCN(Cc3cccc(F)c3F)CC2)ccc1NS(=O)(=O)c1cccc(C)c1/N=C\C1CCCCC1. The van der Waals surface area contributed by atoms with Crippen molar-refractivity contribution in [3.8, 4) is 5.75 Å². The van der Waals surface area contributed by atoms with E-state index in [0.29, 0.717) is 43.3 Å². The average molecular weight is 625 g/mol. The van der Waals surface area contributed by atoms with E-state index in [1.54, 1.807) is 23.1 Å². The van der Waals surface area contributed by atoms with Crippen molar-refractivity contribution < 1.29 is 26.7 Å². The lowest BCUT2D eigenvalue weighted by molar-refractivity contribution is 0.0626. The standard InChI is InChI=1S/C33H38F2N4O4S/c1-23-8-6-13-30(32(23)36-21-24-9-4-3-5-10-24)44(41,42)37-28-15-14-25(20-29(28)43-2)33(40)39-18-16-38(17-19-39)22-26-11-7-12-27(34)31(26)35/h6-8,11-15,20-21,24,37H,3-5,9-10,16-19,22H2,1-2H3/b36-21-. The molecule has 0 atom stereocenters. The van der Waals surface area contributed by atoms with Crippen LogP contribution in [0.5, 0.6) is 5.75 Å². The molecular weight excluding hydrogens is 586 g/mol. The highest BCUT2D eigenvalue weighted by Crippen LogP contribution is 2.34. The van der Waals surface area contributed by atoms with Crippen molar-refractivity contribution in [2.45, 2.75) is 50.5 Å². The maximum Gasteiger partial charge on any atom is 0.264 e. The Morgan fingerprint density at radius 3 is 2.48 bits per heavy atom. The molecule has 1 heterocycles. The average Bonchev–Trinajstić information content (AvgIpc) is 3.03. The van der Waals surface area contributed by atoms with Gasteiger partial charge in [0.25, 0.3) is 15.9 Å². The van der Waals surface area contributed by atoms with E-state index in [1.165, 1.54) is 37.8 Å². The van der Waals surface area contributed by atoms with E-state index in [2.05, 4.69) is 9.71 Å². The number of halogens is 2. The molecule has 1 N–H and O–H groups in total. The molecule has 5 rings (SSSR count). The van der Waals surface area contributed by atoms with Crippen LogP contribution in [0, 0.1) is 24.5 Å². The summed E-state index contributed by atoms with van der Waals surface area (Å²) in [6.07, 6.45) is 7.54. The molecule has 8 nitrogen and oxygen atoms in total. The zero-order valence-corrected chi connectivity index (χ0v) is 25.9. The highest BCUT2D eigenvalue weighted by Gasteiger charge is 2.26. The number of aliphatic imine (C=N–C) groups is 1. The molecule has 0 unspecified atom stereocenters. The van der Waals surface area contributed by atoms with Gasteiger partial charge in [0.05, 0.1) is 18.5 Å². The van der Waals surface area contributed by atoms with Crippen LogP contribution >= 0.6 is 0 Å². The number of nitrogens with zero attached hydrogens (tertiary/aromatic N) is 3. The number of carbonyl (C=O) groups is 1. The molecular formula is C33H38F2N4O4S. The molecule has 0 spiro atoms. The van der Waals surface area contributed by atoms with Gasteiger partial charge in [0.2, 0.25) is 0 Å². The summed E-state index contributed by atoms with van der Waals surface area (Å²) in [6.45, 7) is 3.90. The number of amides is 1. The molecule has 44 heavy (non-hydrogen) atoms. The number of nitrogens with one attached hydrogen (secondary N) is 1. The van der Waals surface area contributed by atoms with Crippen LogP contribution in [0.1, 0.15) is 53.6 Å². The summed E-state index contributed by atoms with van der Waals surface area (Å²) >= 11 is 0. The van der Waals surface area contributed by atoms with Crippen LogP contribution in [0.3, 0.4) is 0 Å². The van der Waals surface area contributed by atoms with E-state index in [-0.39, 0.29) is 34.3 Å². The van der Waals surface area contributed by atoms with Gasteiger partial charge in [0.1, 0.15) is 10.6 Å². The zero-order valence-electron chi connectivity index (χ0n) is 25.1. The maximum absolute atomic E-state index is 14.1. The summed E-state index contributed by atoms with van der Waals surface area (Å²) in [5.74, 6) is -1.40. The van der Waals surface area contributed by atoms with E-state index in [1.807, 2.05) is 24.1 Å². The number of sulfonamides is 1. The second kappa shape index (κ2) is 13.9. The first kappa shape index (κ1) is 31.6. The monoisotopic (exact) mass is 624 g/mol. The Bertz CT molecular complexity index is 1630. The Morgan fingerprint density at radius 2 is 1.75 bits per heavy atom. The van der Waals surface area contributed by atoms with Crippen LogP contribution in [0.4, 0.5) is 20.2 Å². The van der Waals surface area contributed by atoms with Gasteiger partial charge in [0.15, 0.2) is 11.6 Å². The quantitative estimate of drug-likeness (QED) is 0.281. The lowest BCUT2D eigenvalue weighted by Crippen LogP contribution is -2.48. The van der Waals surface area contributed by atoms with E-state index < -0.39 is 21.7 Å². The molecule has 0 aromatic heterocycles. The largest absolute Gasteiger partial charge is 0.495 e. The highest BCUT2D eigenvalue weighted by atomic mass is 32.2. The summed E-state index contributed by atoms with van der Waals surface area (Å²) in [4.78, 5) is 21.7. The van der Waals surface area contributed by atoms with Crippen LogP contribution in [0.25, 0.3) is 0 Å². The van der Waals surface area contributed by atoms with Gasteiger partial charge in [-0.1, -0.05) is 43.5 Å². The molecule has 234 valence electrons. The van der Waals surface area contributed by atoms with Crippen molar-refractivity contribution in [1.29, 1.82) is 0 Å². The number of ether oxygens (including phenoxy) is 1. The number of para-hydroxylation sites is 1. The predicted octanol–water partition coefficient (Wildman–Crippen LogP) is 6.32. The Hall–Kier alpha value is -3.83. The van der Waals surface area contributed by atoms with Gasteiger partial charge in [-0.2, -0.15) is 0 Å². The minimum atomic E-state index is -4.04. The first-order valence-corrected chi connectivity index (χ1v) is 16.4. The minimum Gasteiger partial charge on any atom is -0.495 e. The van der Waals surface area contributed by atoms with E-state index in [9.17, 15) is 22.0 Å². The third-order valence-corrected chi connectivity index (χ3v) is 9.73. The first-order chi connectivity index (χ1) is 21.2. The topological polar surface area (TPSA) is 91.3 Å². The molecule has 1 aliphatic carbocycles. The van der Waals surface area contributed by atoms with Gasteiger partial charge in [-0.05, 0) is 61.6 Å². The van der Waals surface area contributed by atoms with Crippen LogP contribution in [-0.4, -0.2) is 63.6 Å². The summed E-state index contributed by atoms with van der Waals surface area (Å²) in [6, 6.07) is 13.8. The maximum atomic E-state index is 14.1. The zero-order chi connectivity index (χ0) is 31.3. The number of carbonyl (C=O) groups excluding carboxylic acids is 1. The van der Waals surface area contributed by atoms with Gasteiger partial charge in [0, 0.05) is 50.1 Å². The van der Waals surface area contributed by atoms with Gasteiger partial charge < -0.3 is 9.64 Å². The highest BCUT2D eigenvalue weighted by molar-refractivity contribution is 7.92. The van der Waals surface area contributed by atoms with Gasteiger partial charge in [-0.15, -0.1) is 0 Å². The Morgan fingerprint density at radius 1 is 1.02 bits per heavy atom.